The molecule has 9 heteroatoms. The molecule has 0 unspecified atom stereocenters. The van der Waals surface area contributed by atoms with Crippen molar-refractivity contribution in [2.75, 3.05) is 43.4 Å². The molecular weight excluding hydrogens is 446 g/mol. The third kappa shape index (κ3) is 5.16. The van der Waals surface area contributed by atoms with Crippen LogP contribution in [0.1, 0.15) is 16.1 Å². The van der Waals surface area contributed by atoms with Crippen LogP contribution in [0.5, 0.6) is 0 Å². The summed E-state index contributed by atoms with van der Waals surface area (Å²) in [5, 5.41) is 5.61. The summed E-state index contributed by atoms with van der Waals surface area (Å²) in [5.74, 6) is 1.62. The fourth-order valence-electron chi connectivity index (χ4n) is 3.78. The molecule has 0 spiro atoms. The van der Waals surface area contributed by atoms with Crippen LogP contribution in [-0.4, -0.2) is 64.0 Å². The number of thioether (sulfide) groups is 1. The number of pyridine rings is 2. The van der Waals surface area contributed by atoms with E-state index in [1.54, 1.807) is 30.7 Å². The minimum atomic E-state index is -0.237. The van der Waals surface area contributed by atoms with E-state index >= 15 is 0 Å². The van der Waals surface area contributed by atoms with Crippen LogP contribution in [0, 0.1) is 0 Å². The van der Waals surface area contributed by atoms with Gasteiger partial charge in [0.2, 0.25) is 5.95 Å². The van der Waals surface area contributed by atoms with Gasteiger partial charge >= 0.3 is 0 Å². The molecule has 3 aromatic heterocycles. The summed E-state index contributed by atoms with van der Waals surface area (Å²) in [6.45, 7) is 3.84. The number of likely N-dealkylation sites (N-methyl/N-ethyl adjacent to an activating group) is 1. The fraction of sp³-hybridized carbons (Fsp3) is 0.240. The Kier molecular flexibility index (Phi) is 6.64. The van der Waals surface area contributed by atoms with E-state index in [1.807, 2.05) is 36.4 Å². The number of aromatic nitrogens is 4. The molecule has 0 atom stereocenters. The lowest BCUT2D eigenvalue weighted by Crippen LogP contribution is -2.45. The number of rotatable bonds is 6. The Morgan fingerprint density at radius 2 is 1.79 bits per heavy atom. The quantitative estimate of drug-likeness (QED) is 0.426. The zero-order chi connectivity index (χ0) is 23.3. The number of hydrogen-bond acceptors (Lipinski definition) is 8. The van der Waals surface area contributed by atoms with Crippen molar-refractivity contribution in [3.63, 3.8) is 0 Å². The average Bonchev–Trinajstić information content (AvgIpc) is 2.88. The summed E-state index contributed by atoms with van der Waals surface area (Å²) in [6, 6.07) is 15.2. The molecule has 1 amide bonds. The Bertz CT molecular complexity index is 1310. The molecular formula is C25H25N7OS. The molecule has 0 aliphatic carbocycles. The maximum Gasteiger partial charge on any atom is 0.259 e. The first-order valence-corrected chi connectivity index (χ1v) is 12.1. The molecule has 0 saturated carbocycles. The summed E-state index contributed by atoms with van der Waals surface area (Å²) >= 11 is 1.49. The van der Waals surface area contributed by atoms with Crippen LogP contribution < -0.4 is 10.2 Å². The molecule has 172 valence electrons. The van der Waals surface area contributed by atoms with Gasteiger partial charge < -0.3 is 15.1 Å². The number of piperazine rings is 1. The van der Waals surface area contributed by atoms with Gasteiger partial charge in [0, 0.05) is 55.9 Å². The van der Waals surface area contributed by atoms with Crippen molar-refractivity contribution in [1.29, 1.82) is 0 Å². The summed E-state index contributed by atoms with van der Waals surface area (Å²) in [5.41, 5.74) is 1.41. The predicted molar refractivity (Wildman–Crippen MR) is 135 cm³/mol. The SMILES string of the molecule is CN1CCN(c2nccc(CSc3ncccc3C(=O)Nc3cc4ccccc4cn3)n2)CC1. The molecule has 4 heterocycles. The van der Waals surface area contributed by atoms with Gasteiger partial charge in [-0.3, -0.25) is 4.79 Å². The number of carbonyl (C=O) groups is 1. The Labute approximate surface area is 202 Å². The molecule has 1 aliphatic rings. The van der Waals surface area contributed by atoms with Gasteiger partial charge in [0.25, 0.3) is 5.91 Å². The molecule has 1 saturated heterocycles. The van der Waals surface area contributed by atoms with Crippen molar-refractivity contribution in [2.24, 2.45) is 0 Å². The standard InChI is InChI=1S/C25H25N7OS/c1-31-11-13-32(14-12-31)25-27-10-8-20(29-25)17-34-24-21(7-4-9-26-24)23(33)30-22-15-18-5-2-3-6-19(18)16-28-22/h2-10,15-16H,11-14,17H2,1H3,(H,28,30,33). The fourth-order valence-corrected chi connectivity index (χ4v) is 4.68. The number of nitrogens with zero attached hydrogens (tertiary/aromatic N) is 6. The van der Waals surface area contributed by atoms with E-state index < -0.39 is 0 Å². The van der Waals surface area contributed by atoms with Gasteiger partial charge in [-0.25, -0.2) is 19.9 Å². The Morgan fingerprint density at radius 3 is 2.65 bits per heavy atom. The number of benzene rings is 1. The first-order chi connectivity index (χ1) is 16.7. The zero-order valence-corrected chi connectivity index (χ0v) is 19.7. The number of nitrogens with one attached hydrogen (secondary N) is 1. The Balaban J connectivity index is 1.27. The molecule has 8 nitrogen and oxygen atoms in total. The number of hydrogen-bond donors (Lipinski definition) is 1. The summed E-state index contributed by atoms with van der Waals surface area (Å²) in [6.07, 6.45) is 5.26. The van der Waals surface area contributed by atoms with E-state index in [0.29, 0.717) is 22.2 Å². The highest BCUT2D eigenvalue weighted by Crippen LogP contribution is 2.25. The molecule has 5 rings (SSSR count). The topological polar surface area (TPSA) is 87.1 Å². The smallest absolute Gasteiger partial charge is 0.259 e. The highest BCUT2D eigenvalue weighted by atomic mass is 32.2. The molecule has 1 fully saturated rings. The van der Waals surface area contributed by atoms with Crippen molar-refractivity contribution in [2.45, 2.75) is 10.8 Å². The average molecular weight is 472 g/mol. The predicted octanol–water partition coefficient (Wildman–Crippen LogP) is 3.72. The molecule has 1 aliphatic heterocycles. The molecule has 4 aromatic rings. The van der Waals surface area contributed by atoms with E-state index in [2.05, 4.69) is 37.1 Å². The largest absolute Gasteiger partial charge is 0.338 e. The van der Waals surface area contributed by atoms with Gasteiger partial charge in [0.05, 0.1) is 11.3 Å². The van der Waals surface area contributed by atoms with Crippen LogP contribution >= 0.6 is 11.8 Å². The van der Waals surface area contributed by atoms with Crippen LogP contribution in [-0.2, 0) is 5.75 Å². The molecule has 0 bridgehead atoms. The molecule has 1 N–H and O–H groups in total. The number of fused-ring (bicyclic) bond motifs is 1. The lowest BCUT2D eigenvalue weighted by molar-refractivity contribution is 0.102. The molecule has 1 aromatic carbocycles. The van der Waals surface area contributed by atoms with Crippen molar-refractivity contribution in [3.8, 4) is 0 Å². The zero-order valence-electron chi connectivity index (χ0n) is 18.9. The lowest BCUT2D eigenvalue weighted by atomic mass is 10.2. The number of carbonyl (C=O) groups excluding carboxylic acids is 1. The van der Waals surface area contributed by atoms with Gasteiger partial charge in [-0.2, -0.15) is 0 Å². The highest BCUT2D eigenvalue weighted by Gasteiger charge is 2.18. The van der Waals surface area contributed by atoms with Crippen LogP contribution in [0.15, 0.2) is 72.1 Å². The van der Waals surface area contributed by atoms with Gasteiger partial charge in [0.15, 0.2) is 0 Å². The van der Waals surface area contributed by atoms with Crippen LogP contribution in [0.2, 0.25) is 0 Å². The Hall–Kier alpha value is -3.56. The summed E-state index contributed by atoms with van der Waals surface area (Å²) in [7, 11) is 2.13. The Morgan fingerprint density at radius 1 is 0.971 bits per heavy atom. The van der Waals surface area contributed by atoms with E-state index in [-0.39, 0.29) is 5.91 Å². The van der Waals surface area contributed by atoms with Crippen LogP contribution in [0.3, 0.4) is 0 Å². The summed E-state index contributed by atoms with van der Waals surface area (Å²) < 4.78 is 0. The van der Waals surface area contributed by atoms with E-state index in [4.69, 9.17) is 4.98 Å². The van der Waals surface area contributed by atoms with Gasteiger partial charge in [-0.15, -0.1) is 0 Å². The minimum absolute atomic E-state index is 0.237. The van der Waals surface area contributed by atoms with Crippen molar-refractivity contribution < 1.29 is 4.79 Å². The van der Waals surface area contributed by atoms with E-state index in [9.17, 15) is 4.79 Å². The lowest BCUT2D eigenvalue weighted by Gasteiger charge is -2.32. The van der Waals surface area contributed by atoms with Gasteiger partial charge in [-0.1, -0.05) is 36.0 Å². The van der Waals surface area contributed by atoms with Gasteiger partial charge in [-0.05, 0) is 36.7 Å². The van der Waals surface area contributed by atoms with Crippen LogP contribution in [0.4, 0.5) is 11.8 Å². The third-order valence-corrected chi connectivity index (χ3v) is 6.77. The first-order valence-electron chi connectivity index (χ1n) is 11.1. The second kappa shape index (κ2) is 10.1. The van der Waals surface area contributed by atoms with Crippen molar-refractivity contribution in [1.82, 2.24) is 24.8 Å². The maximum atomic E-state index is 13.0. The van der Waals surface area contributed by atoms with Crippen molar-refractivity contribution >= 4 is 40.2 Å². The molecule has 34 heavy (non-hydrogen) atoms. The number of amides is 1. The second-order valence-corrected chi connectivity index (χ2v) is 9.12. The van der Waals surface area contributed by atoms with E-state index in [0.717, 1.165) is 48.6 Å². The maximum absolute atomic E-state index is 13.0. The normalized spacial score (nSPS) is 14.3. The second-order valence-electron chi connectivity index (χ2n) is 8.15. The van der Waals surface area contributed by atoms with Crippen LogP contribution in [0.25, 0.3) is 10.8 Å². The van der Waals surface area contributed by atoms with E-state index in [1.165, 1.54) is 11.8 Å². The highest BCUT2D eigenvalue weighted by molar-refractivity contribution is 7.98. The monoisotopic (exact) mass is 471 g/mol. The molecule has 0 radical (unpaired) electrons. The third-order valence-electron chi connectivity index (χ3n) is 5.73. The summed E-state index contributed by atoms with van der Waals surface area (Å²) in [4.78, 5) is 35.6. The van der Waals surface area contributed by atoms with Gasteiger partial charge in [0.1, 0.15) is 10.8 Å². The number of anilines is 2. The van der Waals surface area contributed by atoms with Crippen molar-refractivity contribution in [3.05, 3.63) is 78.4 Å². The first kappa shape index (κ1) is 22.2. The minimum Gasteiger partial charge on any atom is -0.338 e.